The van der Waals surface area contributed by atoms with E-state index < -0.39 is 4.99 Å². The van der Waals surface area contributed by atoms with E-state index in [1.54, 1.807) is 0 Å². The van der Waals surface area contributed by atoms with Crippen molar-refractivity contribution < 1.29 is 0 Å². The fourth-order valence-corrected chi connectivity index (χ4v) is 1.02. The molecule has 0 N–H and O–H groups in total. The van der Waals surface area contributed by atoms with Crippen molar-refractivity contribution in [1.29, 1.82) is 0 Å². The van der Waals surface area contributed by atoms with Gasteiger partial charge in [-0.25, -0.2) is 0 Å². The highest BCUT2D eigenvalue weighted by Crippen LogP contribution is 2.30. The second kappa shape index (κ2) is 2.86. The van der Waals surface area contributed by atoms with Gasteiger partial charge in [-0.2, -0.15) is 0 Å². The Morgan fingerprint density at radius 1 is 1.27 bits per heavy atom. The van der Waals surface area contributed by atoms with Crippen molar-refractivity contribution in [3.63, 3.8) is 0 Å². The molecule has 0 radical (unpaired) electrons. The molecular weight excluding hydrogens is 162 g/mol. The molecule has 1 atom stereocenters. The van der Waals surface area contributed by atoms with Crippen LogP contribution in [0.3, 0.4) is 0 Å². The van der Waals surface area contributed by atoms with E-state index in [2.05, 4.69) is 33.3 Å². The smallest absolute Gasteiger partial charge is 0.252 e. The third-order valence-electron chi connectivity index (χ3n) is 1.76. The summed E-state index contributed by atoms with van der Waals surface area (Å²) in [4.78, 5) is 1.18. The molecule has 0 aliphatic carbocycles. The first-order chi connectivity index (χ1) is 5.06. The Hall–Kier alpha value is -0.490. The lowest BCUT2D eigenvalue weighted by Gasteiger charge is -2.27. The molecule has 0 fully saturated rings. The topological polar surface area (TPSA) is 52.7 Å². The highest BCUT2D eigenvalue weighted by atomic mass is 32.1. The van der Waals surface area contributed by atoms with Gasteiger partial charge >= 0.3 is 0 Å². The number of likely N-dealkylation sites (N-methyl/N-ethyl adjacent to an activating group) is 1. The molecule has 1 aliphatic heterocycles. The van der Waals surface area contributed by atoms with Crippen molar-refractivity contribution in [3.05, 3.63) is 0 Å². The first-order valence-corrected chi connectivity index (χ1v) is 3.74. The van der Waals surface area contributed by atoms with Crippen LogP contribution in [-0.4, -0.2) is 30.0 Å². The number of nitrogens with zero attached hydrogens (tertiary/aromatic N) is 5. The van der Waals surface area contributed by atoms with E-state index in [0.717, 1.165) is 0 Å². The van der Waals surface area contributed by atoms with Gasteiger partial charge in [-0.1, -0.05) is 0 Å². The van der Waals surface area contributed by atoms with E-state index in [1.807, 2.05) is 25.9 Å². The summed E-state index contributed by atoms with van der Waals surface area (Å²) in [6.07, 6.45) is 0. The summed E-state index contributed by atoms with van der Waals surface area (Å²) in [5.74, 6) is 0. The molecule has 6 heteroatoms. The van der Waals surface area contributed by atoms with E-state index in [9.17, 15) is 0 Å². The van der Waals surface area contributed by atoms with Gasteiger partial charge in [-0.05, 0) is 31.5 Å². The maximum absolute atomic E-state index is 4.25. The molecule has 1 unspecified atom stereocenters. The molecule has 1 aliphatic rings. The average molecular weight is 173 g/mol. The van der Waals surface area contributed by atoms with Crippen LogP contribution < -0.4 is 0 Å². The summed E-state index contributed by atoms with van der Waals surface area (Å²) < 4.78 is 0. The molecule has 5 nitrogen and oxygen atoms in total. The van der Waals surface area contributed by atoms with Crippen LogP contribution in [0.2, 0.25) is 0 Å². The predicted molar refractivity (Wildman–Crippen MR) is 44.6 cm³/mol. The molecule has 62 valence electrons. The normalized spacial score (nSPS) is 23.0. The van der Waals surface area contributed by atoms with Gasteiger partial charge in [0.05, 0.1) is 6.04 Å². The maximum atomic E-state index is 4.25. The lowest BCUT2D eigenvalue weighted by atomic mass is 10.2. The average Bonchev–Trinajstić information content (AvgIpc) is 2.35. The van der Waals surface area contributed by atoms with Crippen LogP contribution in [0.5, 0.6) is 0 Å². The van der Waals surface area contributed by atoms with Crippen LogP contribution in [0.1, 0.15) is 6.92 Å². The van der Waals surface area contributed by atoms with Gasteiger partial charge in [0, 0.05) is 0 Å². The van der Waals surface area contributed by atoms with Gasteiger partial charge in [-0.3, -0.25) is 0 Å². The number of hydrogen-bond donors (Lipinski definition) is 1. The molecule has 0 bridgehead atoms. The minimum atomic E-state index is -0.788. The fraction of sp³-hybridized carbons (Fsp3) is 1.00. The Kier molecular flexibility index (Phi) is 2.24. The monoisotopic (exact) mass is 173 g/mol. The van der Waals surface area contributed by atoms with Gasteiger partial charge in [0.15, 0.2) is 0 Å². The van der Waals surface area contributed by atoms with Crippen LogP contribution >= 0.6 is 12.6 Å². The Bertz CT molecular complexity index is 187. The zero-order chi connectivity index (χ0) is 8.48. The van der Waals surface area contributed by atoms with Gasteiger partial charge in [0.1, 0.15) is 0 Å². The van der Waals surface area contributed by atoms with E-state index in [4.69, 9.17) is 0 Å². The van der Waals surface area contributed by atoms with Crippen LogP contribution in [0.25, 0.3) is 0 Å². The largest absolute Gasteiger partial charge is 0.302 e. The summed E-state index contributed by atoms with van der Waals surface area (Å²) in [6.45, 7) is 1.97. The Balaban J connectivity index is 2.73. The van der Waals surface area contributed by atoms with Crippen LogP contribution in [0, 0.1) is 0 Å². The standard InChI is InChI=1S/C5H11N5S/c1-4(10(2)3)5(11)6-8-9-7-5/h4,11H,1-3H3. The second-order valence-electron chi connectivity index (χ2n) is 2.71. The molecule has 0 aromatic carbocycles. The summed E-state index contributed by atoms with van der Waals surface area (Å²) in [5.41, 5.74) is 0. The highest BCUT2D eigenvalue weighted by molar-refractivity contribution is 7.81. The first-order valence-electron chi connectivity index (χ1n) is 3.29. The maximum Gasteiger partial charge on any atom is 0.252 e. The molecule has 1 heterocycles. The van der Waals surface area contributed by atoms with Crippen molar-refractivity contribution in [3.8, 4) is 0 Å². The number of hydrogen-bond acceptors (Lipinski definition) is 6. The van der Waals surface area contributed by atoms with Crippen LogP contribution in [0.4, 0.5) is 0 Å². The second-order valence-corrected chi connectivity index (χ2v) is 3.36. The summed E-state index contributed by atoms with van der Waals surface area (Å²) in [7, 11) is 3.87. The highest BCUT2D eigenvalue weighted by Gasteiger charge is 2.36. The third kappa shape index (κ3) is 1.57. The summed E-state index contributed by atoms with van der Waals surface area (Å²) in [6, 6.07) is 0.0841. The Morgan fingerprint density at radius 3 is 2.09 bits per heavy atom. The van der Waals surface area contributed by atoms with Crippen LogP contribution in [-0.2, 0) is 0 Å². The number of rotatable bonds is 2. The molecule has 0 spiro atoms. The van der Waals surface area contributed by atoms with Gasteiger partial charge in [0.25, 0.3) is 4.99 Å². The molecular formula is C5H11N5S. The van der Waals surface area contributed by atoms with E-state index >= 15 is 0 Å². The van der Waals surface area contributed by atoms with E-state index in [-0.39, 0.29) is 6.04 Å². The SMILES string of the molecule is CC(N(C)C)C1(S)N=NN=N1. The minimum absolute atomic E-state index is 0.0841. The number of thiol groups is 1. The van der Waals surface area contributed by atoms with Crippen LogP contribution in [0.15, 0.2) is 20.7 Å². The molecule has 0 amide bonds. The molecule has 0 saturated heterocycles. The predicted octanol–water partition coefficient (Wildman–Crippen LogP) is 1.35. The molecule has 0 aromatic heterocycles. The first kappa shape index (κ1) is 8.61. The quantitative estimate of drug-likeness (QED) is 0.630. The van der Waals surface area contributed by atoms with Crippen molar-refractivity contribution in [2.45, 2.75) is 18.0 Å². The minimum Gasteiger partial charge on any atom is -0.302 e. The lowest BCUT2D eigenvalue weighted by molar-refractivity contribution is 0.259. The molecule has 0 saturated carbocycles. The summed E-state index contributed by atoms with van der Waals surface area (Å²) >= 11 is 4.25. The van der Waals surface area contributed by atoms with Crippen molar-refractivity contribution >= 4 is 12.6 Å². The Labute approximate surface area is 71.0 Å². The lowest BCUT2D eigenvalue weighted by Crippen LogP contribution is -2.40. The van der Waals surface area contributed by atoms with E-state index in [0.29, 0.717) is 0 Å². The third-order valence-corrected chi connectivity index (χ3v) is 2.31. The molecule has 1 rings (SSSR count). The molecule has 11 heavy (non-hydrogen) atoms. The van der Waals surface area contributed by atoms with E-state index in [1.165, 1.54) is 0 Å². The van der Waals surface area contributed by atoms with Gasteiger partial charge < -0.3 is 4.90 Å². The van der Waals surface area contributed by atoms with Crippen molar-refractivity contribution in [1.82, 2.24) is 4.90 Å². The zero-order valence-corrected chi connectivity index (χ0v) is 7.66. The zero-order valence-electron chi connectivity index (χ0n) is 6.76. The Morgan fingerprint density at radius 2 is 1.73 bits per heavy atom. The van der Waals surface area contributed by atoms with Crippen molar-refractivity contribution in [2.75, 3.05) is 14.1 Å². The van der Waals surface area contributed by atoms with Gasteiger partial charge in [-0.15, -0.1) is 22.9 Å². The molecule has 0 aromatic rings. The van der Waals surface area contributed by atoms with Crippen molar-refractivity contribution in [2.24, 2.45) is 20.7 Å². The fourth-order valence-electron chi connectivity index (χ4n) is 0.705. The summed E-state index contributed by atoms with van der Waals surface area (Å²) in [5, 5.41) is 14.4. The van der Waals surface area contributed by atoms with Gasteiger partial charge in [0.2, 0.25) is 0 Å².